The molecule has 0 saturated heterocycles. The molecule has 1 unspecified atom stereocenters. The Labute approximate surface area is 164 Å². The number of fused-ring (bicyclic) bond motifs is 4. The van der Waals surface area contributed by atoms with Crippen LogP contribution in [0.2, 0.25) is 0 Å². The van der Waals surface area contributed by atoms with Crippen molar-refractivity contribution >= 4 is 32.8 Å². The Kier molecular flexibility index (Phi) is 3.76. The number of benzene rings is 3. The van der Waals surface area contributed by atoms with E-state index in [9.17, 15) is 0 Å². The number of aromatic nitrogens is 4. The second kappa shape index (κ2) is 6.20. The highest BCUT2D eigenvalue weighted by Gasteiger charge is 2.27. The number of nitrogens with zero attached hydrogens (tertiary/aromatic N) is 4. The number of para-hydroxylation sites is 3. The minimum absolute atomic E-state index is 0.0391. The van der Waals surface area contributed by atoms with Crippen LogP contribution in [0.25, 0.3) is 32.8 Å². The lowest BCUT2D eigenvalue weighted by Crippen LogP contribution is -2.24. The molecule has 2 heterocycles. The number of rotatable bonds is 3. The second-order valence-corrected chi connectivity index (χ2v) is 8.67. The fourth-order valence-electron chi connectivity index (χ4n) is 4.22. The number of hydrogen-bond donors (Lipinski definition) is 0. The molecule has 0 radical (unpaired) electrons. The molecular weight excluding hydrogens is 344 g/mol. The van der Waals surface area contributed by atoms with Crippen molar-refractivity contribution in [2.75, 3.05) is 0 Å². The molecule has 0 aliphatic carbocycles. The second-order valence-electron chi connectivity index (χ2n) is 8.67. The van der Waals surface area contributed by atoms with E-state index in [-0.39, 0.29) is 11.6 Å². The van der Waals surface area contributed by atoms with Crippen LogP contribution < -0.4 is 0 Å². The zero-order valence-corrected chi connectivity index (χ0v) is 16.5. The molecule has 0 bridgehead atoms. The molecule has 5 rings (SSSR count). The van der Waals surface area contributed by atoms with Crippen LogP contribution in [-0.2, 0) is 0 Å². The van der Waals surface area contributed by atoms with Crippen LogP contribution >= 0.6 is 0 Å². The van der Waals surface area contributed by atoms with E-state index in [4.69, 9.17) is 0 Å². The van der Waals surface area contributed by atoms with E-state index in [2.05, 4.69) is 101 Å². The molecule has 140 valence electrons. The van der Waals surface area contributed by atoms with Gasteiger partial charge in [0.15, 0.2) is 0 Å². The molecule has 0 aliphatic rings. The van der Waals surface area contributed by atoms with Crippen molar-refractivity contribution in [3.8, 4) is 0 Å². The summed E-state index contributed by atoms with van der Waals surface area (Å²) in [6.07, 6.45) is 0.987. The minimum atomic E-state index is 0.0391. The maximum Gasteiger partial charge on any atom is 0.130 e. The Bertz CT molecular complexity index is 1230. The fraction of sp³-hybridized carbons (Fsp3) is 0.250. The monoisotopic (exact) mass is 368 g/mol. The Morgan fingerprint density at radius 1 is 0.750 bits per heavy atom. The van der Waals surface area contributed by atoms with Crippen LogP contribution in [0.1, 0.15) is 33.4 Å². The van der Waals surface area contributed by atoms with Gasteiger partial charge in [-0.2, -0.15) is 0 Å². The smallest absolute Gasteiger partial charge is 0.130 e. The SMILES string of the molecule is CC(C)(C)CC(n1nnc2ccccc21)n1c2ccccc2c2ccccc21. The molecule has 0 amide bonds. The predicted octanol–water partition coefficient (Wildman–Crippen LogP) is 6.02. The summed E-state index contributed by atoms with van der Waals surface area (Å²) in [5.41, 5.74) is 4.60. The average Bonchev–Trinajstić information content (AvgIpc) is 3.25. The van der Waals surface area contributed by atoms with Gasteiger partial charge in [-0.25, -0.2) is 4.68 Å². The summed E-state index contributed by atoms with van der Waals surface area (Å²) in [6.45, 7) is 6.85. The van der Waals surface area contributed by atoms with Gasteiger partial charge in [-0.05, 0) is 36.1 Å². The van der Waals surface area contributed by atoms with Gasteiger partial charge in [-0.3, -0.25) is 0 Å². The molecule has 0 aliphatic heterocycles. The molecule has 4 heteroatoms. The standard InChI is InChI=1S/C24H24N4/c1-24(2,3)16-23(28-22-15-9-6-12-19(22)25-26-28)27-20-13-7-4-10-17(20)18-11-5-8-14-21(18)27/h4-15,23H,16H2,1-3H3. The zero-order valence-electron chi connectivity index (χ0n) is 16.5. The van der Waals surface area contributed by atoms with E-state index < -0.39 is 0 Å². The summed E-state index contributed by atoms with van der Waals surface area (Å²) < 4.78 is 4.54. The third-order valence-electron chi connectivity index (χ3n) is 5.37. The maximum atomic E-state index is 4.60. The highest BCUT2D eigenvalue weighted by molar-refractivity contribution is 6.08. The lowest BCUT2D eigenvalue weighted by Gasteiger charge is -2.29. The molecule has 4 nitrogen and oxygen atoms in total. The molecular formula is C24H24N4. The first-order chi connectivity index (χ1) is 13.5. The normalized spacial score (nSPS) is 13.5. The molecule has 0 saturated carbocycles. The van der Waals surface area contributed by atoms with E-state index >= 15 is 0 Å². The van der Waals surface area contributed by atoms with Crippen LogP contribution in [0.15, 0.2) is 72.8 Å². The molecule has 1 atom stereocenters. The van der Waals surface area contributed by atoms with Crippen LogP contribution in [0, 0.1) is 5.41 Å². The van der Waals surface area contributed by atoms with Gasteiger partial charge in [0.1, 0.15) is 11.7 Å². The van der Waals surface area contributed by atoms with Crippen molar-refractivity contribution in [1.29, 1.82) is 0 Å². The Balaban J connectivity index is 1.85. The van der Waals surface area contributed by atoms with Crippen LogP contribution in [0.3, 0.4) is 0 Å². The summed E-state index contributed by atoms with van der Waals surface area (Å²) in [7, 11) is 0. The minimum Gasteiger partial charge on any atom is -0.317 e. The van der Waals surface area contributed by atoms with Crippen LogP contribution in [0.4, 0.5) is 0 Å². The van der Waals surface area contributed by atoms with E-state index in [1.165, 1.54) is 21.8 Å². The first-order valence-corrected chi connectivity index (χ1v) is 9.80. The lowest BCUT2D eigenvalue weighted by atomic mass is 9.90. The molecule has 0 fully saturated rings. The maximum absolute atomic E-state index is 4.60. The first kappa shape index (κ1) is 17.0. The van der Waals surface area contributed by atoms with E-state index in [0.717, 1.165) is 17.5 Å². The van der Waals surface area contributed by atoms with E-state index in [1.54, 1.807) is 0 Å². The summed E-state index contributed by atoms with van der Waals surface area (Å²) >= 11 is 0. The van der Waals surface area contributed by atoms with Gasteiger partial charge in [-0.1, -0.05) is 74.5 Å². The van der Waals surface area contributed by atoms with Gasteiger partial charge in [0.05, 0.1) is 16.6 Å². The van der Waals surface area contributed by atoms with Crippen molar-refractivity contribution < 1.29 is 0 Å². The molecule has 2 aromatic heterocycles. The third kappa shape index (κ3) is 2.68. The molecule has 3 aromatic carbocycles. The fourth-order valence-corrected chi connectivity index (χ4v) is 4.22. The molecule has 0 N–H and O–H groups in total. The average molecular weight is 368 g/mol. The van der Waals surface area contributed by atoms with Gasteiger partial charge in [-0.15, -0.1) is 5.10 Å². The quantitative estimate of drug-likeness (QED) is 0.390. The van der Waals surface area contributed by atoms with Gasteiger partial charge in [0.2, 0.25) is 0 Å². The lowest BCUT2D eigenvalue weighted by molar-refractivity contribution is 0.260. The first-order valence-electron chi connectivity index (χ1n) is 9.80. The summed E-state index contributed by atoms with van der Waals surface area (Å²) in [5, 5.41) is 11.6. The molecule has 28 heavy (non-hydrogen) atoms. The van der Waals surface area contributed by atoms with Crippen molar-refractivity contribution in [2.24, 2.45) is 5.41 Å². The topological polar surface area (TPSA) is 35.6 Å². The van der Waals surface area contributed by atoms with Crippen LogP contribution in [0.5, 0.6) is 0 Å². The van der Waals surface area contributed by atoms with Gasteiger partial charge >= 0.3 is 0 Å². The predicted molar refractivity (Wildman–Crippen MR) is 115 cm³/mol. The highest BCUT2D eigenvalue weighted by atomic mass is 15.5. The van der Waals surface area contributed by atoms with Crippen molar-refractivity contribution in [1.82, 2.24) is 19.6 Å². The van der Waals surface area contributed by atoms with Crippen molar-refractivity contribution in [3.63, 3.8) is 0 Å². The zero-order chi connectivity index (χ0) is 19.3. The van der Waals surface area contributed by atoms with E-state index in [1.807, 2.05) is 12.1 Å². The summed E-state index contributed by atoms with van der Waals surface area (Å²) in [6, 6.07) is 25.5. The summed E-state index contributed by atoms with van der Waals surface area (Å²) in [5.74, 6) is 0. The van der Waals surface area contributed by atoms with E-state index in [0.29, 0.717) is 0 Å². The van der Waals surface area contributed by atoms with Crippen LogP contribution in [-0.4, -0.2) is 19.6 Å². The van der Waals surface area contributed by atoms with Gasteiger partial charge in [0, 0.05) is 10.8 Å². The summed E-state index contributed by atoms with van der Waals surface area (Å²) in [4.78, 5) is 0. The van der Waals surface area contributed by atoms with Crippen molar-refractivity contribution in [2.45, 2.75) is 33.4 Å². The molecule has 5 aromatic rings. The van der Waals surface area contributed by atoms with Gasteiger partial charge < -0.3 is 4.57 Å². The Morgan fingerprint density at radius 2 is 1.29 bits per heavy atom. The number of hydrogen-bond acceptors (Lipinski definition) is 2. The largest absolute Gasteiger partial charge is 0.317 e. The highest BCUT2D eigenvalue weighted by Crippen LogP contribution is 2.37. The van der Waals surface area contributed by atoms with Gasteiger partial charge in [0.25, 0.3) is 0 Å². The van der Waals surface area contributed by atoms with Crippen molar-refractivity contribution in [3.05, 3.63) is 72.8 Å². The Morgan fingerprint density at radius 3 is 1.89 bits per heavy atom. The molecule has 0 spiro atoms. The Hall–Kier alpha value is -3.14. The third-order valence-corrected chi connectivity index (χ3v) is 5.37.